The number of benzene rings is 1. The van der Waals surface area contributed by atoms with Crippen molar-refractivity contribution in [2.45, 2.75) is 45.2 Å². The van der Waals surface area contributed by atoms with Gasteiger partial charge in [0.05, 0.1) is 26.4 Å². The summed E-state index contributed by atoms with van der Waals surface area (Å²) in [5, 5.41) is 0. The standard InChI is InChI=1S/C25H32N4O5/c1-14(2)20-23(33-6)26-19(22(27-20)32-5)12-15-9-10-17(21-16(15)8-7-11-34-21)18-13-28(3)25(31)29(4)24(18)30/h9-10,13-14,19-20H,7-8,11-12H2,1-6H3/t19-,20-/m0/s1. The van der Waals surface area contributed by atoms with Crippen molar-refractivity contribution >= 4 is 11.8 Å². The van der Waals surface area contributed by atoms with Crippen LogP contribution in [0, 0.1) is 5.92 Å². The van der Waals surface area contributed by atoms with Crippen molar-refractivity contribution in [3.63, 3.8) is 0 Å². The van der Waals surface area contributed by atoms with E-state index in [1.807, 2.05) is 12.1 Å². The molecule has 4 rings (SSSR count). The van der Waals surface area contributed by atoms with Crippen LogP contribution >= 0.6 is 0 Å². The maximum atomic E-state index is 12.9. The van der Waals surface area contributed by atoms with E-state index in [-0.39, 0.29) is 29.3 Å². The smallest absolute Gasteiger partial charge is 0.330 e. The quantitative estimate of drug-likeness (QED) is 0.685. The Kier molecular flexibility index (Phi) is 6.63. The Bertz CT molecular complexity index is 1270. The van der Waals surface area contributed by atoms with Gasteiger partial charge in [0.2, 0.25) is 11.8 Å². The maximum Gasteiger partial charge on any atom is 0.330 e. The SMILES string of the molecule is COC1=N[C@@H](C(C)C)C(OC)=N[C@H]1Cc1ccc(-c2cn(C)c(=O)n(C)c2=O)c2c1CCCO2. The van der Waals surface area contributed by atoms with Crippen LogP contribution in [0.15, 0.2) is 37.9 Å². The van der Waals surface area contributed by atoms with Crippen molar-refractivity contribution in [1.82, 2.24) is 9.13 Å². The average Bonchev–Trinajstić information content (AvgIpc) is 2.84. The normalized spacial score (nSPS) is 19.7. The minimum absolute atomic E-state index is 0.170. The van der Waals surface area contributed by atoms with E-state index in [9.17, 15) is 9.59 Å². The van der Waals surface area contributed by atoms with E-state index in [2.05, 4.69) is 13.8 Å². The van der Waals surface area contributed by atoms with E-state index in [1.54, 1.807) is 27.5 Å². The van der Waals surface area contributed by atoms with Gasteiger partial charge in [-0.15, -0.1) is 0 Å². The van der Waals surface area contributed by atoms with Crippen LogP contribution in [0.4, 0.5) is 0 Å². The molecule has 0 N–H and O–H groups in total. The summed E-state index contributed by atoms with van der Waals surface area (Å²) in [4.78, 5) is 34.7. The third-order valence-electron chi connectivity index (χ3n) is 6.46. The Morgan fingerprint density at radius 1 is 1.09 bits per heavy atom. The molecule has 0 amide bonds. The molecule has 0 aliphatic carbocycles. The summed E-state index contributed by atoms with van der Waals surface area (Å²) in [6.07, 6.45) is 3.86. The minimum Gasteiger partial charge on any atom is -0.493 e. The molecule has 9 heteroatoms. The minimum atomic E-state index is -0.365. The highest BCUT2D eigenvalue weighted by atomic mass is 16.5. The molecule has 2 aliphatic rings. The topological polar surface area (TPSA) is 96.4 Å². The molecule has 3 heterocycles. The van der Waals surface area contributed by atoms with Crippen LogP contribution in [0.25, 0.3) is 11.1 Å². The molecule has 182 valence electrons. The van der Waals surface area contributed by atoms with E-state index in [1.165, 1.54) is 11.6 Å². The van der Waals surface area contributed by atoms with Crippen LogP contribution < -0.4 is 16.0 Å². The van der Waals surface area contributed by atoms with Crippen molar-refractivity contribution in [3.8, 4) is 16.9 Å². The molecule has 0 spiro atoms. The number of methoxy groups -OCH3 is 2. The van der Waals surface area contributed by atoms with Crippen molar-refractivity contribution < 1.29 is 14.2 Å². The first-order chi connectivity index (χ1) is 16.3. The number of fused-ring (bicyclic) bond motifs is 1. The number of hydrogen-bond donors (Lipinski definition) is 0. The van der Waals surface area contributed by atoms with Gasteiger partial charge in [0.25, 0.3) is 5.56 Å². The van der Waals surface area contributed by atoms with Gasteiger partial charge in [0.15, 0.2) is 0 Å². The summed E-state index contributed by atoms with van der Waals surface area (Å²) in [5.74, 6) is 2.12. The fourth-order valence-corrected chi connectivity index (χ4v) is 4.63. The summed E-state index contributed by atoms with van der Waals surface area (Å²) in [6, 6.07) is 3.43. The predicted octanol–water partition coefficient (Wildman–Crippen LogP) is 2.12. The van der Waals surface area contributed by atoms with Crippen molar-refractivity contribution in [3.05, 3.63) is 50.3 Å². The summed E-state index contributed by atoms with van der Waals surface area (Å²) in [6.45, 7) is 4.73. The van der Waals surface area contributed by atoms with E-state index in [0.29, 0.717) is 41.7 Å². The second-order valence-electron chi connectivity index (χ2n) is 9.08. The van der Waals surface area contributed by atoms with Gasteiger partial charge < -0.3 is 18.8 Å². The number of rotatable bonds is 4. The molecule has 0 radical (unpaired) electrons. The molecule has 0 fully saturated rings. The first kappa shape index (κ1) is 23.8. The monoisotopic (exact) mass is 468 g/mol. The van der Waals surface area contributed by atoms with Gasteiger partial charge in [-0.05, 0) is 29.9 Å². The van der Waals surface area contributed by atoms with E-state index in [0.717, 1.165) is 28.5 Å². The number of aromatic nitrogens is 2. The maximum absolute atomic E-state index is 12.9. The lowest BCUT2D eigenvalue weighted by Crippen LogP contribution is -2.38. The number of hydrogen-bond acceptors (Lipinski definition) is 7. The molecule has 1 aromatic heterocycles. The van der Waals surface area contributed by atoms with Crippen LogP contribution in [-0.4, -0.2) is 53.8 Å². The lowest BCUT2D eigenvalue weighted by Gasteiger charge is -2.28. The number of nitrogens with zero attached hydrogens (tertiary/aromatic N) is 4. The van der Waals surface area contributed by atoms with Gasteiger partial charge in [-0.25, -0.2) is 14.8 Å². The van der Waals surface area contributed by atoms with Crippen molar-refractivity contribution in [1.29, 1.82) is 0 Å². The Balaban J connectivity index is 1.78. The molecule has 0 saturated heterocycles. The van der Waals surface area contributed by atoms with E-state index < -0.39 is 0 Å². The Hall–Kier alpha value is -3.36. The van der Waals surface area contributed by atoms with Crippen LogP contribution in [0.3, 0.4) is 0 Å². The van der Waals surface area contributed by atoms with Crippen LogP contribution in [-0.2, 0) is 36.4 Å². The van der Waals surface area contributed by atoms with E-state index >= 15 is 0 Å². The summed E-state index contributed by atoms with van der Waals surface area (Å²) < 4.78 is 19.8. The van der Waals surface area contributed by atoms with Crippen LogP contribution in [0.2, 0.25) is 0 Å². The molecule has 2 aliphatic heterocycles. The lowest BCUT2D eigenvalue weighted by atomic mass is 9.90. The molecule has 0 bridgehead atoms. The first-order valence-electron chi connectivity index (χ1n) is 11.5. The van der Waals surface area contributed by atoms with Crippen LogP contribution in [0.1, 0.15) is 31.4 Å². The Labute approximate surface area is 198 Å². The molecular weight excluding hydrogens is 436 g/mol. The zero-order valence-corrected chi connectivity index (χ0v) is 20.6. The predicted molar refractivity (Wildman–Crippen MR) is 131 cm³/mol. The zero-order chi connectivity index (χ0) is 24.6. The van der Waals surface area contributed by atoms with Crippen molar-refractivity contribution in [2.24, 2.45) is 30.0 Å². The summed E-state index contributed by atoms with van der Waals surface area (Å²) in [5.41, 5.74) is 2.54. The van der Waals surface area contributed by atoms with Gasteiger partial charge >= 0.3 is 5.69 Å². The van der Waals surface area contributed by atoms with Crippen molar-refractivity contribution in [2.75, 3.05) is 20.8 Å². The first-order valence-corrected chi connectivity index (χ1v) is 11.5. The second kappa shape index (κ2) is 9.48. The number of aliphatic imine (C=N–C) groups is 2. The molecule has 34 heavy (non-hydrogen) atoms. The molecule has 0 saturated carbocycles. The highest BCUT2D eigenvalue weighted by molar-refractivity contribution is 5.94. The summed E-state index contributed by atoms with van der Waals surface area (Å²) >= 11 is 0. The average molecular weight is 469 g/mol. The van der Waals surface area contributed by atoms with Gasteiger partial charge in [-0.2, -0.15) is 0 Å². The van der Waals surface area contributed by atoms with Gasteiger partial charge in [-0.1, -0.05) is 26.0 Å². The van der Waals surface area contributed by atoms with Gasteiger partial charge in [-0.3, -0.25) is 9.36 Å². The molecule has 0 unspecified atom stereocenters. The molecule has 2 aromatic rings. The Morgan fingerprint density at radius 3 is 2.50 bits per heavy atom. The van der Waals surface area contributed by atoms with Crippen LogP contribution in [0.5, 0.6) is 5.75 Å². The number of aryl methyl sites for hydroxylation is 1. The molecule has 2 atom stereocenters. The lowest BCUT2D eigenvalue weighted by molar-refractivity contribution is 0.288. The van der Waals surface area contributed by atoms with Gasteiger partial charge in [0.1, 0.15) is 17.8 Å². The summed E-state index contributed by atoms with van der Waals surface area (Å²) in [7, 11) is 6.36. The molecular formula is C25H32N4O5. The zero-order valence-electron chi connectivity index (χ0n) is 20.6. The van der Waals surface area contributed by atoms with Gasteiger partial charge in [0, 0.05) is 32.3 Å². The van der Waals surface area contributed by atoms with E-state index in [4.69, 9.17) is 24.2 Å². The highest BCUT2D eigenvalue weighted by Crippen LogP contribution is 2.38. The third-order valence-corrected chi connectivity index (χ3v) is 6.46. The fraction of sp³-hybridized carbons (Fsp3) is 0.520. The third kappa shape index (κ3) is 4.15. The number of ether oxygens (including phenoxy) is 3. The fourth-order valence-electron chi connectivity index (χ4n) is 4.63. The Morgan fingerprint density at radius 2 is 1.82 bits per heavy atom. The largest absolute Gasteiger partial charge is 0.493 e. The molecule has 9 nitrogen and oxygen atoms in total. The highest BCUT2D eigenvalue weighted by Gasteiger charge is 2.32. The second-order valence-corrected chi connectivity index (χ2v) is 9.08. The molecule has 1 aromatic carbocycles.